The predicted octanol–water partition coefficient (Wildman–Crippen LogP) is 1.26. The lowest BCUT2D eigenvalue weighted by Crippen LogP contribution is -2.64. The molecule has 2 atom stereocenters. The van der Waals surface area contributed by atoms with Crippen LogP contribution in [0.2, 0.25) is 0 Å². The average Bonchev–Trinajstić information content (AvgIpc) is 2.59. The van der Waals surface area contributed by atoms with Crippen LogP contribution >= 0.6 is 0 Å². The van der Waals surface area contributed by atoms with Crippen LogP contribution in [0.5, 0.6) is 5.75 Å². The number of nitrogens with zero attached hydrogens (tertiary/aromatic N) is 1. The molecule has 0 aliphatic carbocycles. The fourth-order valence-corrected chi connectivity index (χ4v) is 3.65. The van der Waals surface area contributed by atoms with Crippen molar-refractivity contribution in [2.24, 2.45) is 5.41 Å². The predicted molar refractivity (Wildman–Crippen MR) is 84.2 cm³/mol. The SMILES string of the molecule is O=C(COc1cccc(F)c1)N1CC[C@H]2NCCC[C@]2(C(=O)O)C1. The zero-order chi connectivity index (χ0) is 17.2. The lowest BCUT2D eigenvalue weighted by molar-refractivity contribution is -0.160. The Kier molecular flexibility index (Phi) is 4.71. The topological polar surface area (TPSA) is 78.9 Å². The van der Waals surface area contributed by atoms with Crippen LogP contribution in [0.25, 0.3) is 0 Å². The van der Waals surface area contributed by atoms with Crippen LogP contribution in [0.4, 0.5) is 4.39 Å². The normalized spacial score (nSPS) is 26.5. The highest BCUT2D eigenvalue weighted by molar-refractivity contribution is 5.81. The smallest absolute Gasteiger partial charge is 0.313 e. The van der Waals surface area contributed by atoms with Gasteiger partial charge < -0.3 is 20.1 Å². The molecular weight excluding hydrogens is 315 g/mol. The third-order valence-corrected chi connectivity index (χ3v) is 4.96. The molecule has 0 saturated carbocycles. The molecule has 130 valence electrons. The molecule has 0 unspecified atom stereocenters. The fourth-order valence-electron chi connectivity index (χ4n) is 3.65. The van der Waals surface area contributed by atoms with Crippen molar-refractivity contribution in [2.45, 2.75) is 25.3 Å². The Morgan fingerprint density at radius 1 is 1.46 bits per heavy atom. The van der Waals surface area contributed by atoms with Gasteiger partial charge >= 0.3 is 5.97 Å². The summed E-state index contributed by atoms with van der Waals surface area (Å²) in [6.45, 7) is 1.27. The molecule has 6 nitrogen and oxygen atoms in total. The van der Waals surface area contributed by atoms with Gasteiger partial charge in [0.1, 0.15) is 17.0 Å². The van der Waals surface area contributed by atoms with E-state index in [9.17, 15) is 19.1 Å². The van der Waals surface area contributed by atoms with Crippen molar-refractivity contribution in [1.82, 2.24) is 10.2 Å². The van der Waals surface area contributed by atoms with Gasteiger partial charge in [0.25, 0.3) is 5.91 Å². The van der Waals surface area contributed by atoms with E-state index in [0.717, 1.165) is 13.0 Å². The van der Waals surface area contributed by atoms with Gasteiger partial charge in [-0.15, -0.1) is 0 Å². The van der Waals surface area contributed by atoms with E-state index in [2.05, 4.69) is 5.32 Å². The minimum atomic E-state index is -0.926. The molecule has 0 bridgehead atoms. The number of rotatable bonds is 4. The third-order valence-electron chi connectivity index (χ3n) is 4.96. The first-order chi connectivity index (χ1) is 11.5. The molecule has 0 aromatic heterocycles. The molecule has 2 N–H and O–H groups in total. The van der Waals surface area contributed by atoms with Crippen LogP contribution in [-0.4, -0.2) is 54.2 Å². The van der Waals surface area contributed by atoms with Crippen molar-refractivity contribution in [3.05, 3.63) is 30.1 Å². The Hall–Kier alpha value is -2.15. The number of aliphatic carboxylic acids is 1. The van der Waals surface area contributed by atoms with Gasteiger partial charge in [-0.25, -0.2) is 4.39 Å². The standard InChI is InChI=1S/C17H21FN2O4/c18-12-3-1-4-13(9-12)24-10-15(21)20-8-5-14-17(11-20,16(22)23)6-2-7-19-14/h1,3-4,9,14,19H,2,5-8,10-11H2,(H,22,23)/t14-,17+/m1/s1. The molecule has 2 fully saturated rings. The molecule has 1 aromatic carbocycles. The van der Waals surface area contributed by atoms with Crippen molar-refractivity contribution >= 4 is 11.9 Å². The number of hydrogen-bond donors (Lipinski definition) is 2. The number of carbonyl (C=O) groups is 2. The number of amides is 1. The summed E-state index contributed by atoms with van der Waals surface area (Å²) in [6, 6.07) is 5.49. The summed E-state index contributed by atoms with van der Waals surface area (Å²) in [7, 11) is 0. The number of benzene rings is 1. The van der Waals surface area contributed by atoms with Crippen molar-refractivity contribution in [2.75, 3.05) is 26.2 Å². The van der Waals surface area contributed by atoms with Gasteiger partial charge in [0, 0.05) is 25.2 Å². The molecular formula is C17H21FN2O4. The van der Waals surface area contributed by atoms with Crippen LogP contribution < -0.4 is 10.1 Å². The first-order valence-electron chi connectivity index (χ1n) is 8.14. The van der Waals surface area contributed by atoms with Crippen LogP contribution in [0.3, 0.4) is 0 Å². The second-order valence-corrected chi connectivity index (χ2v) is 6.42. The van der Waals surface area contributed by atoms with Gasteiger partial charge in [-0.3, -0.25) is 9.59 Å². The highest BCUT2D eigenvalue weighted by Crippen LogP contribution is 2.37. The average molecular weight is 336 g/mol. The Labute approximate surface area is 139 Å². The maximum atomic E-state index is 13.1. The number of halogens is 1. The monoisotopic (exact) mass is 336 g/mol. The van der Waals surface area contributed by atoms with Gasteiger partial charge in [-0.1, -0.05) is 6.07 Å². The summed E-state index contributed by atoms with van der Waals surface area (Å²) in [5, 5.41) is 13.0. The molecule has 7 heteroatoms. The molecule has 2 saturated heterocycles. The Balaban J connectivity index is 1.64. The van der Waals surface area contributed by atoms with Crippen molar-refractivity contribution in [1.29, 1.82) is 0 Å². The minimum Gasteiger partial charge on any atom is -0.484 e. The lowest BCUT2D eigenvalue weighted by atomic mass is 9.70. The van der Waals surface area contributed by atoms with E-state index in [0.29, 0.717) is 19.4 Å². The summed E-state index contributed by atoms with van der Waals surface area (Å²) in [5.74, 6) is -1.28. The maximum Gasteiger partial charge on any atom is 0.313 e. The van der Waals surface area contributed by atoms with Crippen LogP contribution in [-0.2, 0) is 9.59 Å². The van der Waals surface area contributed by atoms with E-state index in [1.807, 2.05) is 0 Å². The summed E-state index contributed by atoms with van der Waals surface area (Å²) in [4.78, 5) is 25.8. The van der Waals surface area contributed by atoms with Crippen molar-refractivity contribution in [3.8, 4) is 5.75 Å². The minimum absolute atomic E-state index is 0.100. The molecule has 0 spiro atoms. The van der Waals surface area contributed by atoms with Crippen molar-refractivity contribution in [3.63, 3.8) is 0 Å². The summed E-state index contributed by atoms with van der Waals surface area (Å²) in [5.41, 5.74) is -0.926. The van der Waals surface area contributed by atoms with Gasteiger partial charge in [0.2, 0.25) is 0 Å². The highest BCUT2D eigenvalue weighted by Gasteiger charge is 2.51. The van der Waals surface area contributed by atoms with Crippen molar-refractivity contribution < 1.29 is 23.8 Å². The number of likely N-dealkylation sites (tertiary alicyclic amines) is 1. The Morgan fingerprint density at radius 2 is 2.29 bits per heavy atom. The van der Waals surface area contributed by atoms with E-state index in [-0.39, 0.29) is 30.9 Å². The largest absolute Gasteiger partial charge is 0.484 e. The van der Waals surface area contributed by atoms with Gasteiger partial charge in [0.05, 0.1) is 0 Å². The second-order valence-electron chi connectivity index (χ2n) is 6.42. The number of carboxylic acids is 1. The molecule has 1 amide bonds. The van der Waals surface area contributed by atoms with Gasteiger partial charge in [0.15, 0.2) is 6.61 Å². The number of nitrogens with one attached hydrogen (secondary N) is 1. The first-order valence-corrected chi connectivity index (χ1v) is 8.14. The highest BCUT2D eigenvalue weighted by atomic mass is 19.1. The lowest BCUT2D eigenvalue weighted by Gasteiger charge is -2.48. The molecule has 0 radical (unpaired) electrons. The Bertz CT molecular complexity index is 639. The molecule has 3 rings (SSSR count). The van der Waals surface area contributed by atoms with Gasteiger partial charge in [-0.2, -0.15) is 0 Å². The number of fused-ring (bicyclic) bond motifs is 1. The molecule has 1 aromatic rings. The summed E-state index contributed by atoms with van der Waals surface area (Å²) in [6.07, 6.45) is 1.96. The van der Waals surface area contributed by atoms with Gasteiger partial charge in [-0.05, 0) is 37.9 Å². The summed E-state index contributed by atoms with van der Waals surface area (Å²) < 4.78 is 18.5. The first kappa shape index (κ1) is 16.7. The fraction of sp³-hybridized carbons (Fsp3) is 0.529. The number of ether oxygens (including phenoxy) is 1. The third kappa shape index (κ3) is 3.21. The van der Waals surface area contributed by atoms with E-state index >= 15 is 0 Å². The molecule has 2 aliphatic heterocycles. The molecule has 2 heterocycles. The van der Waals surface area contributed by atoms with E-state index in [1.54, 1.807) is 11.0 Å². The van der Waals surface area contributed by atoms with Crippen LogP contribution in [0, 0.1) is 11.2 Å². The Morgan fingerprint density at radius 3 is 3.04 bits per heavy atom. The summed E-state index contributed by atoms with van der Waals surface area (Å²) >= 11 is 0. The number of hydrogen-bond acceptors (Lipinski definition) is 4. The van der Waals surface area contributed by atoms with Crippen LogP contribution in [0.1, 0.15) is 19.3 Å². The molecule has 2 aliphatic rings. The van der Waals surface area contributed by atoms with E-state index in [1.165, 1.54) is 18.2 Å². The quantitative estimate of drug-likeness (QED) is 0.865. The second kappa shape index (κ2) is 6.76. The van der Waals surface area contributed by atoms with E-state index < -0.39 is 17.2 Å². The molecule has 24 heavy (non-hydrogen) atoms. The van der Waals surface area contributed by atoms with Crippen LogP contribution in [0.15, 0.2) is 24.3 Å². The number of carboxylic acid groups (broad SMARTS) is 1. The zero-order valence-corrected chi connectivity index (χ0v) is 13.3. The number of piperidine rings is 2. The van der Waals surface area contributed by atoms with E-state index in [4.69, 9.17) is 4.74 Å². The maximum absolute atomic E-state index is 13.1. The zero-order valence-electron chi connectivity index (χ0n) is 13.3. The number of carbonyl (C=O) groups excluding carboxylic acids is 1.